The largest absolute Gasteiger partial charge is 0.474 e. The van der Waals surface area contributed by atoms with Crippen LogP contribution >= 0.6 is 23.2 Å². The van der Waals surface area contributed by atoms with E-state index >= 15 is 0 Å². The molecule has 0 aliphatic carbocycles. The number of rotatable bonds is 10. The number of carbonyl (C=O) groups is 1. The molecule has 8 nitrogen and oxygen atoms in total. The number of ether oxygens (including phenoxy) is 2. The standard InChI is InChI=1S/C20H27Cl2N3O5S/c1-13(2)7-8-31(27,28)24-20(26)29-12-17-10-19(30-14(3)4)23-25(17)11-15-5-6-16(21)9-18(15)22/h5-6,9-10,13-14H,7-8,11-12H2,1-4H3,(H,24,26). The molecular formula is C20H27Cl2N3O5S. The molecule has 0 saturated carbocycles. The van der Waals surface area contributed by atoms with Crippen molar-refractivity contribution < 1.29 is 22.7 Å². The molecule has 0 atom stereocenters. The van der Waals surface area contributed by atoms with E-state index in [4.69, 9.17) is 32.7 Å². The Kier molecular flexibility index (Phi) is 9.02. The minimum absolute atomic E-state index is 0.106. The summed E-state index contributed by atoms with van der Waals surface area (Å²) in [6.45, 7) is 7.61. The average molecular weight is 492 g/mol. The van der Waals surface area contributed by atoms with Gasteiger partial charge in [0.15, 0.2) is 0 Å². The van der Waals surface area contributed by atoms with Gasteiger partial charge in [-0.1, -0.05) is 43.1 Å². The predicted octanol–water partition coefficient (Wildman–Crippen LogP) is 4.63. The summed E-state index contributed by atoms with van der Waals surface area (Å²) in [5.41, 5.74) is 1.27. The maximum Gasteiger partial charge on any atom is 0.421 e. The zero-order chi connectivity index (χ0) is 23.2. The van der Waals surface area contributed by atoms with Crippen molar-refractivity contribution in [3.63, 3.8) is 0 Å². The van der Waals surface area contributed by atoms with Crippen LogP contribution in [0.2, 0.25) is 10.0 Å². The fourth-order valence-electron chi connectivity index (χ4n) is 2.53. The Labute approximate surface area is 192 Å². The summed E-state index contributed by atoms with van der Waals surface area (Å²) in [5, 5.41) is 5.36. The van der Waals surface area contributed by atoms with Gasteiger partial charge in [-0.15, -0.1) is 5.10 Å². The molecule has 1 aromatic heterocycles. The Balaban J connectivity index is 2.11. The number of hydrogen-bond donors (Lipinski definition) is 1. The first-order valence-corrected chi connectivity index (χ1v) is 12.2. The molecular weight excluding hydrogens is 465 g/mol. The van der Waals surface area contributed by atoms with Crippen LogP contribution in [0.1, 0.15) is 45.4 Å². The Hall–Kier alpha value is -1.97. The second-order valence-corrected chi connectivity index (χ2v) is 10.4. The summed E-state index contributed by atoms with van der Waals surface area (Å²) < 4.78 is 38.2. The smallest absolute Gasteiger partial charge is 0.421 e. The van der Waals surface area contributed by atoms with E-state index in [0.29, 0.717) is 28.0 Å². The summed E-state index contributed by atoms with van der Waals surface area (Å²) in [5.74, 6) is 0.392. The van der Waals surface area contributed by atoms with E-state index in [9.17, 15) is 13.2 Å². The van der Waals surface area contributed by atoms with E-state index in [-0.39, 0.29) is 30.9 Å². The lowest BCUT2D eigenvalue weighted by molar-refractivity contribution is 0.143. The lowest BCUT2D eigenvalue weighted by Gasteiger charge is -2.11. The molecule has 0 fully saturated rings. The first kappa shape index (κ1) is 25.3. The SMILES string of the molecule is CC(C)CCS(=O)(=O)NC(=O)OCc1cc(OC(C)C)nn1Cc1ccc(Cl)cc1Cl. The molecule has 1 heterocycles. The molecule has 1 aromatic carbocycles. The number of halogens is 2. The van der Waals surface area contributed by atoms with E-state index in [1.807, 2.05) is 32.4 Å². The Morgan fingerprint density at radius 3 is 2.52 bits per heavy atom. The second-order valence-electron chi connectivity index (χ2n) is 7.71. The van der Waals surface area contributed by atoms with Crippen molar-refractivity contribution >= 4 is 39.3 Å². The van der Waals surface area contributed by atoms with Crippen LogP contribution in [0.3, 0.4) is 0 Å². The molecule has 11 heteroatoms. The van der Waals surface area contributed by atoms with Gasteiger partial charge >= 0.3 is 6.09 Å². The normalized spacial score (nSPS) is 11.7. The molecule has 0 unspecified atom stereocenters. The van der Waals surface area contributed by atoms with E-state index in [0.717, 1.165) is 5.56 Å². The lowest BCUT2D eigenvalue weighted by atomic mass is 10.2. The van der Waals surface area contributed by atoms with E-state index in [2.05, 4.69) is 5.10 Å². The molecule has 0 radical (unpaired) electrons. The fraction of sp³-hybridized carbons (Fsp3) is 0.500. The van der Waals surface area contributed by atoms with Crippen LogP contribution in [0.25, 0.3) is 0 Å². The molecule has 1 N–H and O–H groups in total. The minimum atomic E-state index is -3.76. The molecule has 2 rings (SSSR count). The van der Waals surface area contributed by atoms with Crippen molar-refractivity contribution in [2.75, 3.05) is 5.75 Å². The van der Waals surface area contributed by atoms with E-state index in [1.54, 1.807) is 28.9 Å². The van der Waals surface area contributed by atoms with Gasteiger partial charge < -0.3 is 9.47 Å². The van der Waals surface area contributed by atoms with Crippen molar-refractivity contribution in [3.8, 4) is 5.88 Å². The summed E-state index contributed by atoms with van der Waals surface area (Å²) in [7, 11) is -3.76. The number of nitrogens with one attached hydrogen (secondary N) is 1. The van der Waals surface area contributed by atoms with E-state index < -0.39 is 16.1 Å². The van der Waals surface area contributed by atoms with Crippen molar-refractivity contribution in [3.05, 3.63) is 45.6 Å². The second kappa shape index (κ2) is 11.1. The Morgan fingerprint density at radius 1 is 1.19 bits per heavy atom. The van der Waals surface area contributed by atoms with Gasteiger partial charge in [-0.2, -0.15) is 0 Å². The van der Waals surface area contributed by atoms with Crippen molar-refractivity contribution in [2.45, 2.75) is 53.4 Å². The van der Waals surface area contributed by atoms with Crippen LogP contribution < -0.4 is 9.46 Å². The molecule has 31 heavy (non-hydrogen) atoms. The Morgan fingerprint density at radius 2 is 1.90 bits per heavy atom. The number of amides is 1. The number of nitrogens with zero attached hydrogens (tertiary/aromatic N) is 2. The van der Waals surface area contributed by atoms with Gasteiger partial charge in [-0.05, 0) is 43.9 Å². The summed E-state index contributed by atoms with van der Waals surface area (Å²) in [6.07, 6.45) is -0.717. The fourth-order valence-corrected chi connectivity index (χ4v) is 4.20. The van der Waals surface area contributed by atoms with Crippen LogP contribution in [0, 0.1) is 5.92 Å². The maximum atomic E-state index is 12.0. The molecule has 172 valence electrons. The third-order valence-electron chi connectivity index (χ3n) is 4.09. The first-order valence-electron chi connectivity index (χ1n) is 9.79. The highest BCUT2D eigenvalue weighted by atomic mass is 35.5. The van der Waals surface area contributed by atoms with Crippen LogP contribution in [0.4, 0.5) is 4.79 Å². The Bertz CT molecular complexity index is 1010. The number of hydrogen-bond acceptors (Lipinski definition) is 6. The van der Waals surface area contributed by atoms with E-state index in [1.165, 1.54) is 0 Å². The highest BCUT2D eigenvalue weighted by Gasteiger charge is 2.18. The molecule has 0 spiro atoms. The first-order chi connectivity index (χ1) is 14.4. The molecule has 0 aliphatic rings. The number of benzene rings is 1. The minimum Gasteiger partial charge on any atom is -0.474 e. The van der Waals surface area contributed by atoms with Gasteiger partial charge in [0, 0.05) is 16.1 Å². The van der Waals surface area contributed by atoms with Crippen LogP contribution in [0.5, 0.6) is 5.88 Å². The van der Waals surface area contributed by atoms with Crippen molar-refractivity contribution in [2.24, 2.45) is 5.92 Å². The summed E-state index contributed by atoms with van der Waals surface area (Å²) in [6, 6.07) is 6.74. The monoisotopic (exact) mass is 491 g/mol. The third kappa shape index (κ3) is 8.59. The number of sulfonamides is 1. The van der Waals surface area contributed by atoms with Crippen molar-refractivity contribution in [1.29, 1.82) is 0 Å². The highest BCUT2D eigenvalue weighted by molar-refractivity contribution is 7.90. The highest BCUT2D eigenvalue weighted by Crippen LogP contribution is 2.23. The van der Waals surface area contributed by atoms with Crippen LogP contribution in [-0.2, 0) is 27.9 Å². The maximum absolute atomic E-state index is 12.0. The van der Waals surface area contributed by atoms with Gasteiger partial charge in [-0.3, -0.25) is 4.68 Å². The van der Waals surface area contributed by atoms with Gasteiger partial charge in [0.25, 0.3) is 0 Å². The van der Waals surface area contributed by atoms with Gasteiger partial charge in [-0.25, -0.2) is 17.9 Å². The van der Waals surface area contributed by atoms with Crippen molar-refractivity contribution in [1.82, 2.24) is 14.5 Å². The third-order valence-corrected chi connectivity index (χ3v) is 5.92. The molecule has 2 aromatic rings. The van der Waals surface area contributed by atoms with Crippen LogP contribution in [0.15, 0.2) is 24.3 Å². The van der Waals surface area contributed by atoms with Gasteiger partial charge in [0.1, 0.15) is 6.61 Å². The zero-order valence-electron chi connectivity index (χ0n) is 17.9. The molecule has 1 amide bonds. The van der Waals surface area contributed by atoms with Gasteiger partial charge in [0.05, 0.1) is 24.1 Å². The van der Waals surface area contributed by atoms with Crippen LogP contribution in [-0.4, -0.2) is 36.1 Å². The predicted molar refractivity (Wildman–Crippen MR) is 120 cm³/mol. The number of aromatic nitrogens is 2. The zero-order valence-corrected chi connectivity index (χ0v) is 20.2. The quantitative estimate of drug-likeness (QED) is 0.519. The summed E-state index contributed by atoms with van der Waals surface area (Å²) in [4.78, 5) is 12.0. The molecule has 0 saturated heterocycles. The average Bonchev–Trinajstić information content (AvgIpc) is 3.01. The molecule has 0 bridgehead atoms. The van der Waals surface area contributed by atoms with Gasteiger partial charge in [0.2, 0.25) is 15.9 Å². The summed E-state index contributed by atoms with van der Waals surface area (Å²) >= 11 is 12.2. The topological polar surface area (TPSA) is 99.5 Å². The number of carbonyl (C=O) groups excluding carboxylic acids is 1. The lowest BCUT2D eigenvalue weighted by Crippen LogP contribution is -2.33. The molecule has 0 aliphatic heterocycles.